The van der Waals surface area contributed by atoms with Crippen LogP contribution in [0.15, 0.2) is 60.7 Å². The van der Waals surface area contributed by atoms with Gasteiger partial charge in [-0.05, 0) is 106 Å². The highest BCUT2D eigenvalue weighted by molar-refractivity contribution is 6.14. The van der Waals surface area contributed by atoms with Crippen molar-refractivity contribution in [2.45, 2.75) is 208 Å². The van der Waals surface area contributed by atoms with Gasteiger partial charge in [-0.1, -0.05) is 137 Å². The lowest BCUT2D eigenvalue weighted by Crippen LogP contribution is -2.63. The number of hydrogen-bond acceptors (Lipinski definition) is 14. The van der Waals surface area contributed by atoms with E-state index in [1.54, 1.807) is 0 Å². The third-order valence-electron chi connectivity index (χ3n) is 19.8. The number of aliphatic hydroxyl groups is 1. The zero-order chi connectivity index (χ0) is 75.5. The van der Waals surface area contributed by atoms with Crippen LogP contribution in [-0.4, -0.2) is 245 Å². The van der Waals surface area contributed by atoms with Crippen molar-refractivity contribution >= 4 is 70.9 Å². The maximum Gasteiger partial charge on any atom is 0.326 e. The summed E-state index contributed by atoms with van der Waals surface area (Å²) in [5, 5.41) is 15.6. The Hall–Kier alpha value is -7.80. The number of Topliss-reactive ketones (excluding diaryl/α,β-unsaturated/α-hetero) is 1. The topological polar surface area (TPSA) is 310 Å². The number of benzene rings is 2. The molecule has 4 rings (SSSR count). The molecule has 558 valence electrons. The summed E-state index contributed by atoms with van der Waals surface area (Å²) in [4.78, 5) is 186. The number of carbonyl (C=O) groups is 12. The number of aliphatic hydroxyl groups excluding tert-OH is 1. The lowest BCUT2D eigenvalue weighted by Gasteiger charge is -2.39. The summed E-state index contributed by atoms with van der Waals surface area (Å²) in [6.45, 7) is 24.0. The van der Waals surface area contributed by atoms with Gasteiger partial charge >= 0.3 is 6.03 Å². The van der Waals surface area contributed by atoms with Crippen LogP contribution in [0.25, 0.3) is 0 Å². The molecule has 12 atom stereocenters. The fourth-order valence-corrected chi connectivity index (χ4v) is 13.2. The van der Waals surface area contributed by atoms with Gasteiger partial charge in [0.2, 0.25) is 47.3 Å². The van der Waals surface area contributed by atoms with Crippen molar-refractivity contribution in [1.82, 2.24) is 49.8 Å². The van der Waals surface area contributed by atoms with E-state index in [0.717, 1.165) is 26.7 Å². The zero-order valence-corrected chi connectivity index (χ0v) is 63.3. The number of nitrogens with zero attached hydrogens (tertiary/aromatic N) is 8. The number of urea groups is 1. The van der Waals surface area contributed by atoms with Crippen molar-refractivity contribution in [3.05, 3.63) is 71.8 Å². The van der Waals surface area contributed by atoms with Crippen molar-refractivity contribution < 1.29 is 67.4 Å². The molecule has 1 aliphatic carbocycles. The van der Waals surface area contributed by atoms with E-state index in [9.17, 15) is 43.5 Å². The van der Waals surface area contributed by atoms with Gasteiger partial charge in [0.1, 0.15) is 41.8 Å². The van der Waals surface area contributed by atoms with Crippen LogP contribution >= 0.6 is 0 Å². The van der Waals surface area contributed by atoms with Crippen molar-refractivity contribution in [3.63, 3.8) is 0 Å². The van der Waals surface area contributed by atoms with Gasteiger partial charge in [0.15, 0.2) is 11.8 Å². The molecule has 25 nitrogen and oxygen atoms in total. The first-order valence-corrected chi connectivity index (χ1v) is 35.7. The number of likely N-dealkylation sites (tertiary alicyclic amines) is 1. The number of carbonyl (C=O) groups excluding carboxylic acids is 12. The number of piperidine rings is 1. The summed E-state index contributed by atoms with van der Waals surface area (Å²) in [6, 6.07) is 7.89. The second-order valence-corrected chi connectivity index (χ2v) is 30.0. The van der Waals surface area contributed by atoms with Crippen molar-refractivity contribution in [3.8, 4) is 0 Å². The molecule has 2 aliphatic rings. The summed E-state index contributed by atoms with van der Waals surface area (Å²) in [7, 11) is 9.79. The normalized spacial score (nSPS) is 18.3. The van der Waals surface area contributed by atoms with E-state index in [4.69, 9.17) is 10.5 Å². The number of ether oxygens (including phenoxy) is 1. The molecule has 25 heteroatoms. The highest BCUT2D eigenvalue weighted by Crippen LogP contribution is 2.53. The summed E-state index contributed by atoms with van der Waals surface area (Å²) in [5.74, 6) is -11.2. The van der Waals surface area contributed by atoms with Crippen molar-refractivity contribution in [2.75, 3.05) is 75.6 Å². The number of nitrogens with one attached hydrogen (secondary N) is 2. The summed E-state index contributed by atoms with van der Waals surface area (Å²) >= 11 is 0. The number of rotatable bonds is 37. The molecule has 1 heterocycles. The molecule has 2 aromatic rings. The van der Waals surface area contributed by atoms with Gasteiger partial charge < -0.3 is 60.5 Å². The minimum absolute atomic E-state index is 0.00621. The molecular weight excluding hydrogens is 1280 g/mol. The van der Waals surface area contributed by atoms with Crippen LogP contribution in [0, 0.1) is 47.3 Å². The Kier molecular flexibility index (Phi) is 32.4. The Morgan fingerprint density at radius 2 is 1.06 bits per heavy atom. The van der Waals surface area contributed by atoms with Crippen LogP contribution < -0.4 is 16.4 Å². The van der Waals surface area contributed by atoms with Gasteiger partial charge in [-0.2, -0.15) is 0 Å². The Morgan fingerprint density at radius 1 is 0.550 bits per heavy atom. The summed E-state index contributed by atoms with van der Waals surface area (Å²) < 4.78 is 5.86. The third-order valence-corrected chi connectivity index (χ3v) is 19.8. The number of nitrogens with two attached hydrogens (primary N) is 1. The Balaban J connectivity index is 1.74. The second kappa shape index (κ2) is 38.3. The van der Waals surface area contributed by atoms with E-state index in [2.05, 4.69) is 10.6 Å². The van der Waals surface area contributed by atoms with Crippen LogP contribution in [0.4, 0.5) is 4.79 Å². The summed E-state index contributed by atoms with van der Waals surface area (Å²) in [6.07, 6.45) is 2.16. The average Bonchev–Trinajstić information content (AvgIpc) is 1.53. The highest BCUT2D eigenvalue weighted by atomic mass is 16.5. The number of primary amides is 1. The first kappa shape index (κ1) is 84.6. The van der Waals surface area contributed by atoms with Crippen LogP contribution in [0.1, 0.15) is 153 Å². The minimum Gasteiger partial charge on any atom is -0.393 e. The van der Waals surface area contributed by atoms with Gasteiger partial charge in [0.25, 0.3) is 11.8 Å². The Labute approximate surface area is 594 Å². The molecule has 100 heavy (non-hydrogen) atoms. The molecule has 0 aromatic heterocycles. The number of ketones is 1. The molecule has 0 bridgehead atoms. The van der Waals surface area contributed by atoms with Crippen LogP contribution in [0.2, 0.25) is 0 Å². The van der Waals surface area contributed by atoms with E-state index in [1.807, 2.05) is 130 Å². The van der Waals surface area contributed by atoms with Gasteiger partial charge in [0, 0.05) is 81.9 Å². The van der Waals surface area contributed by atoms with Crippen molar-refractivity contribution in [1.29, 1.82) is 0 Å². The van der Waals surface area contributed by atoms with E-state index in [0.29, 0.717) is 50.4 Å². The molecule has 0 radical (unpaired) electrons. The molecular formula is C75H119N11O14. The van der Waals surface area contributed by atoms with E-state index >= 15 is 19.2 Å². The third kappa shape index (κ3) is 22.1. The number of likely N-dealkylation sites (N-methyl/N-ethyl adjacent to an activating group) is 6. The Bertz CT molecular complexity index is 3120. The standard InChI is InChI=1S/C75H119N11O14/c1-45(2)34-37-100-44-60(64(76)89)82(17)70(95)59(42-53-30-24-21-25-31-53)80(15)68(93)55(38-46(3)4)61-63(88)75(61,43-54-32-26-22-27-33-54)85(20)71(96)58(41-49(9)10)81(16)69(94)56(39-47(5)6)77-65(90)51(12)79(14)72(97)62(73(98)86-35-28-23-29-36-86)78-66(91)57(40-48(7)8)83(18)74(99)84(19)67(92)50(11)52(13)87/h21-22,24-27,30-33,45-52,55-62,87H,23,28-29,34-44H2,1-20H3,(H2,76,89)(H,77,90)(H,78,91)/t50-,51-,52+,55+,56-,57-,58-,59-,60-,61?,62-,75+/m0/s1. The largest absolute Gasteiger partial charge is 0.393 e. The quantitative estimate of drug-likeness (QED) is 0.0485. The van der Waals surface area contributed by atoms with Crippen molar-refractivity contribution in [2.24, 2.45) is 53.1 Å². The molecule has 0 spiro atoms. The fraction of sp³-hybridized carbons (Fsp3) is 0.680. The monoisotopic (exact) mass is 1400 g/mol. The Morgan fingerprint density at radius 3 is 1.57 bits per heavy atom. The molecule has 1 aliphatic heterocycles. The molecule has 1 unspecified atom stereocenters. The predicted molar refractivity (Wildman–Crippen MR) is 382 cm³/mol. The van der Waals surface area contributed by atoms with E-state index in [1.165, 1.54) is 94.6 Å². The minimum atomic E-state index is -1.87. The number of amides is 12. The lowest BCUT2D eigenvalue weighted by molar-refractivity contribution is -0.151. The van der Waals surface area contributed by atoms with Gasteiger partial charge in [-0.25, -0.2) is 4.79 Å². The van der Waals surface area contributed by atoms with E-state index in [-0.39, 0.29) is 74.6 Å². The maximum atomic E-state index is 15.8. The first-order valence-electron chi connectivity index (χ1n) is 35.7. The molecule has 5 N–H and O–H groups in total. The predicted octanol–water partition coefficient (Wildman–Crippen LogP) is 5.42. The zero-order valence-electron chi connectivity index (χ0n) is 63.3. The maximum absolute atomic E-state index is 15.8. The molecule has 2 aromatic carbocycles. The van der Waals surface area contributed by atoms with Gasteiger partial charge in [-0.3, -0.25) is 57.6 Å². The average molecular weight is 1400 g/mol. The molecule has 12 amide bonds. The molecule has 2 fully saturated rings. The second-order valence-electron chi connectivity index (χ2n) is 30.0. The fourth-order valence-electron chi connectivity index (χ4n) is 13.2. The van der Waals surface area contributed by atoms with Gasteiger partial charge in [-0.15, -0.1) is 0 Å². The van der Waals surface area contributed by atoms with Gasteiger partial charge in [0.05, 0.1) is 30.5 Å². The number of hydrogen-bond donors (Lipinski definition) is 4. The van der Waals surface area contributed by atoms with Crippen LogP contribution in [0.5, 0.6) is 0 Å². The molecule has 1 saturated carbocycles. The molecule has 1 saturated heterocycles. The van der Waals surface area contributed by atoms with Crippen LogP contribution in [-0.2, 0) is 70.3 Å². The lowest BCUT2D eigenvalue weighted by atomic mass is 9.86. The summed E-state index contributed by atoms with van der Waals surface area (Å²) in [5.41, 5.74) is 5.69. The number of imide groups is 1. The van der Waals surface area contributed by atoms with Crippen LogP contribution in [0.3, 0.4) is 0 Å². The van der Waals surface area contributed by atoms with E-state index < -0.39 is 137 Å². The SMILES string of the molecule is CC(C)CCOC[C@@H](C(N)=O)N(C)C(=O)[C@H](Cc1ccccc1)N(C)C(=O)[C@H](CC(C)C)C1C(=O)[C@]1(Cc1ccccc1)N(C)C(=O)[C@H](CC(C)C)N(C)C(=O)[C@H](CC(C)C)NC(=O)[C@H](C)N(C)C(=O)[C@H](NC(=O)[C@H](CC(C)C)N(C)C(=O)N(C)C(=O)[C@@H](C)[C@@H](C)O)C(=O)N1CCCCC1. The first-order chi connectivity index (χ1) is 46.7. The smallest absolute Gasteiger partial charge is 0.326 e. The highest BCUT2D eigenvalue weighted by Gasteiger charge is 2.72.